The first-order chi connectivity index (χ1) is 26.9. The van der Waals surface area contributed by atoms with Crippen LogP contribution in [0.5, 0.6) is 0 Å². The standard InChI is InChI=1S/C38H28/c1-38(2)35-17-8-7-14-31(35)32-16-9-15-29-26(19-21-36(38)37(29)32)23-34-28-13-6-4-11-25(28)22-33-27-12-5-3-10-24(27)18-20-30(33)34/h3-22H,23H2,1-2H3/i3D,4D,5D,6D,7D,8D,9D,10D,11D,12D,13D,14D,15D,16D,17D,18D,19D,20D,21D,22D. The Bertz CT molecular complexity index is 3160. The monoisotopic (exact) mass is 504 g/mol. The number of rotatable bonds is 2. The van der Waals surface area contributed by atoms with Crippen molar-refractivity contribution in [2.45, 2.75) is 25.7 Å². The molecule has 0 unspecified atom stereocenters. The minimum absolute atomic E-state index is 0.0102. The Labute approximate surface area is 251 Å². The van der Waals surface area contributed by atoms with E-state index < -0.39 is 143 Å². The van der Waals surface area contributed by atoms with E-state index in [4.69, 9.17) is 20.6 Å². The van der Waals surface area contributed by atoms with Crippen LogP contribution < -0.4 is 0 Å². The molecule has 0 bridgehead atoms. The van der Waals surface area contributed by atoms with Crippen LogP contribution in [0.15, 0.2) is 121 Å². The van der Waals surface area contributed by atoms with E-state index in [1.165, 1.54) is 0 Å². The molecule has 0 fully saturated rings. The molecule has 0 N–H and O–H groups in total. The molecule has 0 heteroatoms. The third-order valence-electron chi connectivity index (χ3n) is 7.35. The Hall–Kier alpha value is -4.42. The molecule has 8 rings (SSSR count). The molecule has 38 heavy (non-hydrogen) atoms. The fourth-order valence-corrected chi connectivity index (χ4v) is 5.52. The van der Waals surface area contributed by atoms with E-state index in [9.17, 15) is 6.85 Å². The average molecular weight is 505 g/mol. The van der Waals surface area contributed by atoms with E-state index in [1.807, 2.05) is 0 Å². The third kappa shape index (κ3) is 2.92. The summed E-state index contributed by atoms with van der Waals surface area (Å²) in [5, 5.41) is -2.29. The summed E-state index contributed by atoms with van der Waals surface area (Å²) in [6.07, 6.45) is -0.652. The maximum Gasteiger partial charge on any atom is 0.0636 e. The van der Waals surface area contributed by atoms with Crippen molar-refractivity contribution in [2.24, 2.45) is 0 Å². The van der Waals surface area contributed by atoms with Gasteiger partial charge in [-0.1, -0.05) is 129 Å². The molecule has 0 atom stereocenters. The van der Waals surface area contributed by atoms with Gasteiger partial charge in [-0.25, -0.2) is 0 Å². The minimum Gasteiger partial charge on any atom is -0.0619 e. The van der Waals surface area contributed by atoms with E-state index >= 15 is 0 Å². The molecule has 0 radical (unpaired) electrons. The molecule has 7 aromatic rings. The molecule has 0 saturated carbocycles. The van der Waals surface area contributed by atoms with Gasteiger partial charge in [0.15, 0.2) is 0 Å². The molecule has 0 aliphatic heterocycles. The van der Waals surface area contributed by atoms with E-state index in [-0.39, 0.29) is 65.7 Å². The molecule has 0 aromatic heterocycles. The molecule has 0 nitrogen and oxygen atoms in total. The van der Waals surface area contributed by atoms with Crippen LogP contribution in [0.1, 0.15) is 63.5 Å². The summed E-state index contributed by atoms with van der Waals surface area (Å²) in [6.45, 7) is 3.17. The van der Waals surface area contributed by atoms with Crippen molar-refractivity contribution >= 4 is 43.1 Å². The predicted octanol–water partition coefficient (Wildman–Crippen LogP) is 10.2. The SMILES string of the molecule is [2H]c1c([2H])c([2H])c2c(c1[2H])-c1c([2H])c([2H])c([2H])c3c(Cc4c5c([2H])c([2H])c([2H])c([2H])c5c([2H])c5c4c([2H])c([2H])c4c([2H])c([2H])c([2H])c([2H])c45)c([2H])c([2H])c(c13)C2(C)C. The zero-order valence-electron chi connectivity index (χ0n) is 40.2. The maximum atomic E-state index is 9.49. The van der Waals surface area contributed by atoms with Crippen LogP contribution in [0.2, 0.25) is 0 Å². The lowest BCUT2D eigenvalue weighted by molar-refractivity contribution is 0.645. The third-order valence-corrected chi connectivity index (χ3v) is 7.35. The van der Waals surface area contributed by atoms with Gasteiger partial charge in [-0.3, -0.25) is 0 Å². The van der Waals surface area contributed by atoms with Crippen molar-refractivity contribution in [3.05, 3.63) is 143 Å². The molecule has 0 heterocycles. The molecule has 0 spiro atoms. The van der Waals surface area contributed by atoms with Crippen LogP contribution >= 0.6 is 0 Å². The quantitative estimate of drug-likeness (QED) is 0.162. The van der Waals surface area contributed by atoms with Crippen molar-refractivity contribution in [2.75, 3.05) is 0 Å². The van der Waals surface area contributed by atoms with Crippen molar-refractivity contribution in [3.8, 4) is 11.1 Å². The fraction of sp³-hybridized carbons (Fsp3) is 0.105. The molecular formula is C38H28. The first-order valence-electron chi connectivity index (χ1n) is 22.0. The molecule has 7 aromatic carbocycles. The molecule has 0 saturated heterocycles. The first-order valence-corrected chi connectivity index (χ1v) is 12.0. The van der Waals surface area contributed by atoms with Crippen LogP contribution in [-0.2, 0) is 11.8 Å². The van der Waals surface area contributed by atoms with E-state index in [2.05, 4.69) is 0 Å². The van der Waals surface area contributed by atoms with Gasteiger partial charge in [0.2, 0.25) is 0 Å². The van der Waals surface area contributed by atoms with Crippen molar-refractivity contribution in [1.29, 1.82) is 0 Å². The zero-order valence-corrected chi connectivity index (χ0v) is 20.2. The Kier molecular flexibility index (Phi) is 1.99. The summed E-state index contributed by atoms with van der Waals surface area (Å²) in [5.74, 6) is 0. The normalized spacial score (nSPS) is 21.2. The van der Waals surface area contributed by atoms with Crippen LogP contribution in [0.4, 0.5) is 0 Å². The van der Waals surface area contributed by atoms with Gasteiger partial charge in [-0.05, 0) is 88.9 Å². The van der Waals surface area contributed by atoms with Gasteiger partial charge in [0.25, 0.3) is 0 Å². The highest BCUT2D eigenvalue weighted by molar-refractivity contribution is 6.14. The Morgan fingerprint density at radius 3 is 2.13 bits per heavy atom. The number of hydrogen-bond acceptors (Lipinski definition) is 0. The van der Waals surface area contributed by atoms with Crippen LogP contribution in [0.25, 0.3) is 54.2 Å². The number of hydrogen-bond donors (Lipinski definition) is 0. The Balaban J connectivity index is 1.66. The maximum absolute atomic E-state index is 9.49. The summed E-state index contributed by atoms with van der Waals surface area (Å²) in [4.78, 5) is 0. The fourth-order valence-electron chi connectivity index (χ4n) is 5.52. The van der Waals surface area contributed by atoms with Gasteiger partial charge < -0.3 is 0 Å². The molecule has 1 aliphatic carbocycles. The van der Waals surface area contributed by atoms with Crippen molar-refractivity contribution < 1.29 is 27.4 Å². The lowest BCUT2D eigenvalue weighted by Crippen LogP contribution is -2.23. The number of benzene rings is 7. The number of fused-ring (bicyclic) bond motifs is 6. The summed E-state index contributed by atoms with van der Waals surface area (Å²) < 4.78 is 178. The van der Waals surface area contributed by atoms with Gasteiger partial charge in [0.1, 0.15) is 0 Å². The summed E-state index contributed by atoms with van der Waals surface area (Å²) in [6, 6.07) is -12.6. The Morgan fingerprint density at radius 2 is 1.24 bits per heavy atom. The second kappa shape index (κ2) is 7.79. The molecule has 1 aliphatic rings. The van der Waals surface area contributed by atoms with Gasteiger partial charge in [-0.15, -0.1) is 0 Å². The van der Waals surface area contributed by atoms with Gasteiger partial charge in [0.05, 0.1) is 27.4 Å². The van der Waals surface area contributed by atoms with E-state index in [0.717, 1.165) is 0 Å². The second-order valence-electron chi connectivity index (χ2n) is 9.76. The van der Waals surface area contributed by atoms with Gasteiger partial charge in [-0.2, -0.15) is 0 Å². The summed E-state index contributed by atoms with van der Waals surface area (Å²) >= 11 is 0. The van der Waals surface area contributed by atoms with Crippen molar-refractivity contribution in [1.82, 2.24) is 0 Å². The lowest BCUT2D eigenvalue weighted by atomic mass is 9.68. The van der Waals surface area contributed by atoms with E-state index in [0.29, 0.717) is 0 Å². The van der Waals surface area contributed by atoms with Crippen LogP contribution in [-0.4, -0.2) is 0 Å². The lowest BCUT2D eigenvalue weighted by Gasteiger charge is -2.35. The summed E-state index contributed by atoms with van der Waals surface area (Å²) in [5.41, 5.74) is -2.05. The molecule has 0 amide bonds. The van der Waals surface area contributed by atoms with Crippen LogP contribution in [0, 0.1) is 0 Å². The molecule has 180 valence electrons. The highest BCUT2D eigenvalue weighted by Crippen LogP contribution is 2.49. The Morgan fingerprint density at radius 1 is 0.526 bits per heavy atom. The van der Waals surface area contributed by atoms with Crippen molar-refractivity contribution in [3.63, 3.8) is 0 Å². The first kappa shape index (κ1) is 9.71. The average Bonchev–Trinajstić information content (AvgIpc) is 3.17. The van der Waals surface area contributed by atoms with Crippen LogP contribution in [0.3, 0.4) is 0 Å². The van der Waals surface area contributed by atoms with Gasteiger partial charge >= 0.3 is 0 Å². The topological polar surface area (TPSA) is 0 Å². The van der Waals surface area contributed by atoms with E-state index in [1.54, 1.807) is 13.8 Å². The highest BCUT2D eigenvalue weighted by Gasteiger charge is 2.33. The highest BCUT2D eigenvalue weighted by atomic mass is 14.4. The predicted molar refractivity (Wildman–Crippen MR) is 163 cm³/mol. The summed E-state index contributed by atoms with van der Waals surface area (Å²) in [7, 11) is 0. The second-order valence-corrected chi connectivity index (χ2v) is 9.76. The largest absolute Gasteiger partial charge is 0.0636 e. The van der Waals surface area contributed by atoms with Gasteiger partial charge in [0, 0.05) is 5.41 Å². The molecular weight excluding hydrogens is 456 g/mol. The smallest absolute Gasteiger partial charge is 0.0619 e. The minimum atomic E-state index is -1.44. The zero-order chi connectivity index (χ0) is 42.8.